The predicted octanol–water partition coefficient (Wildman–Crippen LogP) is 6.73. The van der Waals surface area contributed by atoms with Crippen molar-refractivity contribution >= 4 is 28.5 Å². The molecule has 0 unspecified atom stereocenters. The molecule has 32 heavy (non-hydrogen) atoms. The monoisotopic (exact) mass is 453 g/mol. The molecule has 0 atom stereocenters. The summed E-state index contributed by atoms with van der Waals surface area (Å²) in [6, 6.07) is 15.8. The highest BCUT2D eigenvalue weighted by atomic mass is 35.5. The number of benzene rings is 2. The van der Waals surface area contributed by atoms with Crippen molar-refractivity contribution in [1.29, 1.82) is 0 Å². The van der Waals surface area contributed by atoms with Gasteiger partial charge in [-0.2, -0.15) is 0 Å². The summed E-state index contributed by atoms with van der Waals surface area (Å²) in [6.07, 6.45) is 11.6. The molecule has 0 radical (unpaired) electrons. The van der Waals surface area contributed by atoms with Gasteiger partial charge in [0.25, 0.3) is 0 Å². The number of unbranched alkanes of at least 4 members (excludes halogenated alkanes) is 7. The Hall–Kier alpha value is -2.33. The molecule has 3 aromatic rings. The van der Waals surface area contributed by atoms with E-state index in [2.05, 4.69) is 35.0 Å². The van der Waals surface area contributed by atoms with Gasteiger partial charge in [-0.15, -0.1) is 0 Å². The predicted molar refractivity (Wildman–Crippen MR) is 134 cm³/mol. The molecule has 0 fully saturated rings. The van der Waals surface area contributed by atoms with Gasteiger partial charge in [-0.25, -0.2) is 4.98 Å². The lowest BCUT2D eigenvalue weighted by Gasteiger charge is -2.10. The van der Waals surface area contributed by atoms with Crippen molar-refractivity contribution in [1.82, 2.24) is 14.9 Å². The molecule has 172 valence electrons. The van der Waals surface area contributed by atoms with Gasteiger partial charge in [0, 0.05) is 24.5 Å². The average molecular weight is 454 g/mol. The Bertz CT molecular complexity index is 965. The van der Waals surface area contributed by atoms with Crippen LogP contribution in [0.3, 0.4) is 0 Å². The number of rotatable bonds is 14. The van der Waals surface area contributed by atoms with Gasteiger partial charge in [0.1, 0.15) is 5.82 Å². The minimum atomic E-state index is 0.0260. The number of amides is 1. The summed E-state index contributed by atoms with van der Waals surface area (Å²) in [5.41, 5.74) is 3.20. The number of hydrogen-bond donors (Lipinski definition) is 1. The van der Waals surface area contributed by atoms with Crippen molar-refractivity contribution in [2.45, 2.75) is 77.7 Å². The molecule has 1 amide bonds. The normalized spacial score (nSPS) is 11.2. The van der Waals surface area contributed by atoms with E-state index in [1.165, 1.54) is 56.9 Å². The van der Waals surface area contributed by atoms with E-state index in [0.717, 1.165) is 29.9 Å². The molecule has 2 aromatic carbocycles. The van der Waals surface area contributed by atoms with Crippen LogP contribution in [0.1, 0.15) is 69.7 Å². The summed E-state index contributed by atoms with van der Waals surface area (Å²) >= 11 is 5.92. The summed E-state index contributed by atoms with van der Waals surface area (Å²) in [5.74, 6) is 1.08. The van der Waals surface area contributed by atoms with E-state index >= 15 is 0 Å². The maximum atomic E-state index is 12.3. The van der Waals surface area contributed by atoms with Crippen LogP contribution in [0.2, 0.25) is 5.02 Å². The number of aromatic nitrogens is 2. The number of aryl methyl sites for hydroxylation is 1. The van der Waals surface area contributed by atoms with Gasteiger partial charge in [0.2, 0.25) is 5.91 Å². The topological polar surface area (TPSA) is 46.9 Å². The lowest BCUT2D eigenvalue weighted by molar-refractivity contribution is -0.120. The number of carbonyl (C=O) groups is 1. The second-order valence-corrected chi connectivity index (χ2v) is 8.98. The molecule has 0 aliphatic heterocycles. The van der Waals surface area contributed by atoms with Gasteiger partial charge < -0.3 is 9.88 Å². The molecule has 0 spiro atoms. The third kappa shape index (κ3) is 7.67. The van der Waals surface area contributed by atoms with Crippen molar-refractivity contribution in [2.24, 2.45) is 0 Å². The van der Waals surface area contributed by atoms with Crippen molar-refractivity contribution in [2.75, 3.05) is 6.54 Å². The number of nitrogens with zero attached hydrogens (tertiary/aromatic N) is 2. The van der Waals surface area contributed by atoms with Crippen LogP contribution in [0.4, 0.5) is 0 Å². The van der Waals surface area contributed by atoms with Crippen LogP contribution in [0.5, 0.6) is 0 Å². The Morgan fingerprint density at radius 2 is 1.62 bits per heavy atom. The number of halogens is 1. The minimum absolute atomic E-state index is 0.0260. The van der Waals surface area contributed by atoms with E-state index in [9.17, 15) is 4.79 Å². The molecule has 0 aliphatic rings. The highest BCUT2D eigenvalue weighted by Crippen LogP contribution is 2.18. The number of imidazole rings is 1. The Morgan fingerprint density at radius 3 is 2.38 bits per heavy atom. The lowest BCUT2D eigenvalue weighted by Crippen LogP contribution is -2.28. The fraction of sp³-hybridized carbons (Fsp3) is 0.481. The second-order valence-electron chi connectivity index (χ2n) is 8.55. The van der Waals surface area contributed by atoms with Crippen LogP contribution in [0.25, 0.3) is 11.0 Å². The number of fused-ring (bicyclic) bond motifs is 1. The number of hydrogen-bond acceptors (Lipinski definition) is 2. The lowest BCUT2D eigenvalue weighted by atomic mass is 10.1. The largest absolute Gasteiger partial charge is 0.355 e. The van der Waals surface area contributed by atoms with E-state index in [1.54, 1.807) is 0 Å². The standard InChI is InChI=1S/C27H36ClN3O/c1-2-3-4-5-6-7-8-11-20-31-25-13-10-9-12-24(25)30-26(31)18-19-29-27(32)21-22-14-16-23(28)17-15-22/h9-10,12-17H,2-8,11,18-21H2,1H3,(H,29,32). The highest BCUT2D eigenvalue weighted by molar-refractivity contribution is 6.30. The average Bonchev–Trinajstić information content (AvgIpc) is 3.14. The van der Waals surface area contributed by atoms with Gasteiger partial charge in [0.15, 0.2) is 0 Å². The maximum absolute atomic E-state index is 12.3. The van der Waals surface area contributed by atoms with Crippen molar-refractivity contribution in [3.63, 3.8) is 0 Å². The fourth-order valence-corrected chi connectivity index (χ4v) is 4.26. The molecule has 0 saturated heterocycles. The molecule has 3 rings (SSSR count). The molecule has 1 aromatic heterocycles. The van der Waals surface area contributed by atoms with Crippen LogP contribution in [-0.4, -0.2) is 22.0 Å². The molecule has 1 N–H and O–H groups in total. The number of para-hydroxylation sites is 2. The molecular weight excluding hydrogens is 418 g/mol. The summed E-state index contributed by atoms with van der Waals surface area (Å²) in [6.45, 7) is 3.84. The van der Waals surface area contributed by atoms with Crippen LogP contribution in [-0.2, 0) is 24.2 Å². The zero-order valence-electron chi connectivity index (χ0n) is 19.3. The van der Waals surface area contributed by atoms with Crippen molar-refractivity contribution in [3.05, 3.63) is 64.9 Å². The molecule has 5 heteroatoms. The molecular formula is C27H36ClN3O. The molecule has 0 saturated carbocycles. The molecule has 1 heterocycles. The minimum Gasteiger partial charge on any atom is -0.355 e. The van der Waals surface area contributed by atoms with Crippen LogP contribution < -0.4 is 5.32 Å². The summed E-state index contributed by atoms with van der Waals surface area (Å²) < 4.78 is 2.35. The van der Waals surface area contributed by atoms with Gasteiger partial charge in [-0.1, -0.05) is 87.7 Å². The van der Waals surface area contributed by atoms with Crippen molar-refractivity contribution < 1.29 is 4.79 Å². The first kappa shape index (κ1) is 24.3. The van der Waals surface area contributed by atoms with E-state index in [0.29, 0.717) is 18.0 Å². The Morgan fingerprint density at radius 1 is 0.938 bits per heavy atom. The van der Waals surface area contributed by atoms with E-state index in [1.807, 2.05) is 30.3 Å². The van der Waals surface area contributed by atoms with Crippen LogP contribution in [0, 0.1) is 0 Å². The Kier molecular flexibility index (Phi) is 10.1. The van der Waals surface area contributed by atoms with Gasteiger partial charge in [-0.3, -0.25) is 4.79 Å². The molecule has 0 bridgehead atoms. The van der Waals surface area contributed by atoms with Crippen LogP contribution >= 0.6 is 11.6 Å². The smallest absolute Gasteiger partial charge is 0.224 e. The fourth-order valence-electron chi connectivity index (χ4n) is 4.13. The summed E-state index contributed by atoms with van der Waals surface area (Å²) in [7, 11) is 0. The SMILES string of the molecule is CCCCCCCCCCn1c(CCNC(=O)Cc2ccc(Cl)cc2)nc2ccccc21. The third-order valence-corrected chi connectivity index (χ3v) is 6.17. The van der Waals surface area contributed by atoms with Gasteiger partial charge in [0.05, 0.1) is 17.5 Å². The first-order chi connectivity index (χ1) is 15.7. The third-order valence-electron chi connectivity index (χ3n) is 5.92. The van der Waals surface area contributed by atoms with Gasteiger partial charge in [-0.05, 0) is 36.2 Å². The quantitative estimate of drug-likeness (QED) is 0.275. The number of nitrogens with one attached hydrogen (secondary N) is 1. The molecule has 0 aliphatic carbocycles. The molecule has 4 nitrogen and oxygen atoms in total. The van der Waals surface area contributed by atoms with Crippen LogP contribution in [0.15, 0.2) is 48.5 Å². The highest BCUT2D eigenvalue weighted by Gasteiger charge is 2.11. The maximum Gasteiger partial charge on any atom is 0.224 e. The van der Waals surface area contributed by atoms with E-state index in [-0.39, 0.29) is 5.91 Å². The van der Waals surface area contributed by atoms with E-state index < -0.39 is 0 Å². The summed E-state index contributed by atoms with van der Waals surface area (Å²) in [5, 5.41) is 3.73. The Balaban J connectivity index is 1.48. The van der Waals surface area contributed by atoms with Gasteiger partial charge >= 0.3 is 0 Å². The number of carbonyl (C=O) groups excluding carboxylic acids is 1. The Labute approximate surface area is 197 Å². The zero-order valence-corrected chi connectivity index (χ0v) is 20.0. The summed E-state index contributed by atoms with van der Waals surface area (Å²) in [4.78, 5) is 17.2. The zero-order chi connectivity index (χ0) is 22.6. The second kappa shape index (κ2) is 13.3. The van der Waals surface area contributed by atoms with E-state index in [4.69, 9.17) is 16.6 Å². The first-order valence-electron chi connectivity index (χ1n) is 12.1. The first-order valence-corrected chi connectivity index (χ1v) is 12.5. The van der Waals surface area contributed by atoms with Crippen molar-refractivity contribution in [3.8, 4) is 0 Å².